The van der Waals surface area contributed by atoms with Gasteiger partial charge in [-0.2, -0.15) is 0 Å². The number of esters is 1. The maximum absolute atomic E-state index is 12.6. The van der Waals surface area contributed by atoms with Gasteiger partial charge in [-0.1, -0.05) is 31.5 Å². The highest BCUT2D eigenvalue weighted by molar-refractivity contribution is 6.08. The van der Waals surface area contributed by atoms with Gasteiger partial charge in [-0.3, -0.25) is 19.3 Å². The van der Waals surface area contributed by atoms with E-state index in [0.717, 1.165) is 21.6 Å². The summed E-state index contributed by atoms with van der Waals surface area (Å²) in [6, 6.07) is 3.27. The molecule has 0 aliphatic carbocycles. The zero-order chi connectivity index (χ0) is 21.9. The number of hydrogen-bond acceptors (Lipinski definition) is 5. The van der Waals surface area contributed by atoms with Crippen LogP contribution in [0, 0.1) is 20.8 Å². The summed E-state index contributed by atoms with van der Waals surface area (Å²) in [6.07, 6.45) is -0.230. The first-order valence-electron chi connectivity index (χ1n) is 9.77. The van der Waals surface area contributed by atoms with Gasteiger partial charge >= 0.3 is 12.0 Å². The Kier molecular flexibility index (Phi) is 6.66. The monoisotopic (exact) mass is 403 g/mol. The Morgan fingerprint density at radius 1 is 1.14 bits per heavy atom. The Labute approximate surface area is 171 Å². The van der Waals surface area contributed by atoms with Crippen LogP contribution in [0.4, 0.5) is 10.5 Å². The van der Waals surface area contributed by atoms with Gasteiger partial charge in [-0.15, -0.1) is 0 Å². The molecule has 0 aromatic heterocycles. The number of hydrogen-bond donors (Lipinski definition) is 2. The first-order chi connectivity index (χ1) is 13.5. The Hall–Kier alpha value is -2.90. The third kappa shape index (κ3) is 4.58. The number of rotatable bonds is 7. The standard InChI is InChI=1S/C21H29N3O5/c1-7-21(8-2)19(27)24(20(28)23-21)11-16(25)29-15(6)18(26)22-17-13(4)9-12(3)10-14(17)5/h9-10,15H,7-8,11H2,1-6H3,(H,22,26)(H,23,28)/t15-/m1/s1. The van der Waals surface area contributed by atoms with E-state index in [2.05, 4.69) is 10.6 Å². The molecular weight excluding hydrogens is 374 g/mol. The van der Waals surface area contributed by atoms with Crippen LogP contribution in [0.3, 0.4) is 0 Å². The lowest BCUT2D eigenvalue weighted by atomic mass is 9.93. The van der Waals surface area contributed by atoms with E-state index >= 15 is 0 Å². The van der Waals surface area contributed by atoms with Crippen molar-refractivity contribution < 1.29 is 23.9 Å². The van der Waals surface area contributed by atoms with Crippen molar-refractivity contribution in [2.24, 2.45) is 0 Å². The molecule has 1 aliphatic rings. The Balaban J connectivity index is 2.00. The average molecular weight is 403 g/mol. The number of carbonyl (C=O) groups excluding carboxylic acids is 4. The molecule has 29 heavy (non-hydrogen) atoms. The number of anilines is 1. The van der Waals surface area contributed by atoms with Crippen LogP contribution >= 0.6 is 0 Å². The molecule has 0 spiro atoms. The van der Waals surface area contributed by atoms with Gasteiger partial charge in [0.25, 0.3) is 11.8 Å². The van der Waals surface area contributed by atoms with Crippen molar-refractivity contribution >= 4 is 29.5 Å². The molecule has 0 saturated carbocycles. The summed E-state index contributed by atoms with van der Waals surface area (Å²) in [5.74, 6) is -1.76. The minimum atomic E-state index is -1.08. The predicted octanol–water partition coefficient (Wildman–Crippen LogP) is 2.59. The summed E-state index contributed by atoms with van der Waals surface area (Å²) < 4.78 is 5.16. The first kappa shape index (κ1) is 22.4. The molecule has 1 aromatic carbocycles. The molecule has 8 nitrogen and oxygen atoms in total. The number of carbonyl (C=O) groups is 4. The van der Waals surface area contributed by atoms with Crippen LogP contribution in [-0.4, -0.2) is 46.9 Å². The maximum Gasteiger partial charge on any atom is 0.327 e. The zero-order valence-corrected chi connectivity index (χ0v) is 17.8. The minimum Gasteiger partial charge on any atom is -0.451 e. The van der Waals surface area contributed by atoms with Crippen molar-refractivity contribution in [2.45, 2.75) is 66.0 Å². The molecule has 8 heteroatoms. The summed E-state index contributed by atoms with van der Waals surface area (Å²) in [6.45, 7) is 10.2. The largest absolute Gasteiger partial charge is 0.451 e. The van der Waals surface area contributed by atoms with Crippen LogP contribution in [0.1, 0.15) is 50.3 Å². The lowest BCUT2D eigenvalue weighted by molar-refractivity contribution is -0.155. The number of benzene rings is 1. The number of aryl methyl sites for hydroxylation is 3. The van der Waals surface area contributed by atoms with Crippen molar-refractivity contribution in [3.63, 3.8) is 0 Å². The van der Waals surface area contributed by atoms with E-state index in [-0.39, 0.29) is 0 Å². The molecule has 1 saturated heterocycles. The van der Waals surface area contributed by atoms with Crippen molar-refractivity contribution in [1.82, 2.24) is 10.2 Å². The lowest BCUT2D eigenvalue weighted by Gasteiger charge is -2.23. The normalized spacial score (nSPS) is 16.4. The fourth-order valence-electron chi connectivity index (χ4n) is 3.57. The highest BCUT2D eigenvalue weighted by Gasteiger charge is 2.49. The SMILES string of the molecule is CCC1(CC)NC(=O)N(CC(=O)O[C@H](C)C(=O)Nc2c(C)cc(C)cc2C)C1=O. The molecule has 1 aliphatic heterocycles. The van der Waals surface area contributed by atoms with Crippen molar-refractivity contribution in [3.05, 3.63) is 28.8 Å². The molecule has 158 valence electrons. The fraction of sp³-hybridized carbons (Fsp3) is 0.524. The van der Waals surface area contributed by atoms with Crippen molar-refractivity contribution in [3.8, 4) is 0 Å². The summed E-state index contributed by atoms with van der Waals surface area (Å²) in [5, 5.41) is 5.43. The number of imide groups is 1. The molecule has 2 rings (SSSR count). The van der Waals surface area contributed by atoms with E-state index in [1.165, 1.54) is 6.92 Å². The van der Waals surface area contributed by atoms with Gasteiger partial charge in [0.05, 0.1) is 0 Å². The van der Waals surface area contributed by atoms with E-state index in [9.17, 15) is 19.2 Å². The summed E-state index contributed by atoms with van der Waals surface area (Å²) in [7, 11) is 0. The second kappa shape index (κ2) is 8.63. The number of ether oxygens (including phenoxy) is 1. The lowest BCUT2D eigenvalue weighted by Crippen LogP contribution is -2.46. The van der Waals surface area contributed by atoms with Gasteiger partial charge in [0.2, 0.25) is 0 Å². The summed E-state index contributed by atoms with van der Waals surface area (Å²) >= 11 is 0. The van der Waals surface area contributed by atoms with Crippen LogP contribution in [0.25, 0.3) is 0 Å². The molecule has 0 radical (unpaired) electrons. The third-order valence-electron chi connectivity index (χ3n) is 5.34. The van der Waals surface area contributed by atoms with Gasteiger partial charge in [0, 0.05) is 5.69 Å². The van der Waals surface area contributed by atoms with Crippen LogP contribution < -0.4 is 10.6 Å². The van der Waals surface area contributed by atoms with E-state index < -0.39 is 42.0 Å². The smallest absolute Gasteiger partial charge is 0.327 e. The van der Waals surface area contributed by atoms with Gasteiger partial charge in [-0.05, 0) is 51.7 Å². The highest BCUT2D eigenvalue weighted by atomic mass is 16.5. The van der Waals surface area contributed by atoms with Gasteiger partial charge < -0.3 is 15.4 Å². The van der Waals surface area contributed by atoms with E-state index in [1.54, 1.807) is 13.8 Å². The maximum atomic E-state index is 12.6. The fourth-order valence-corrected chi connectivity index (χ4v) is 3.57. The van der Waals surface area contributed by atoms with E-state index in [4.69, 9.17) is 4.74 Å². The van der Waals surface area contributed by atoms with Crippen LogP contribution in [0.2, 0.25) is 0 Å². The zero-order valence-electron chi connectivity index (χ0n) is 17.8. The number of nitrogens with zero attached hydrogens (tertiary/aromatic N) is 1. The molecule has 1 fully saturated rings. The molecule has 2 N–H and O–H groups in total. The Morgan fingerprint density at radius 2 is 1.69 bits per heavy atom. The molecule has 0 bridgehead atoms. The second-order valence-electron chi connectivity index (χ2n) is 7.51. The van der Waals surface area contributed by atoms with Gasteiger partial charge in [0.15, 0.2) is 6.10 Å². The quantitative estimate of drug-likeness (QED) is 0.538. The predicted molar refractivity (Wildman–Crippen MR) is 108 cm³/mol. The number of nitrogens with one attached hydrogen (secondary N) is 2. The molecule has 1 aromatic rings. The first-order valence-corrected chi connectivity index (χ1v) is 9.77. The second-order valence-corrected chi connectivity index (χ2v) is 7.51. The third-order valence-corrected chi connectivity index (χ3v) is 5.34. The van der Waals surface area contributed by atoms with Crippen LogP contribution in [0.5, 0.6) is 0 Å². The minimum absolute atomic E-state index is 0.424. The summed E-state index contributed by atoms with van der Waals surface area (Å²) in [5.41, 5.74) is 2.59. The van der Waals surface area contributed by atoms with Gasteiger partial charge in [-0.25, -0.2) is 4.79 Å². The van der Waals surface area contributed by atoms with Crippen molar-refractivity contribution in [2.75, 3.05) is 11.9 Å². The molecule has 4 amide bonds. The molecular formula is C21H29N3O5. The topological polar surface area (TPSA) is 105 Å². The molecule has 1 atom stereocenters. The number of urea groups is 1. The Bertz CT molecular complexity index is 822. The average Bonchev–Trinajstić information content (AvgIpc) is 2.88. The highest BCUT2D eigenvalue weighted by Crippen LogP contribution is 2.25. The molecule has 0 unspecified atom stereocenters. The van der Waals surface area contributed by atoms with E-state index in [0.29, 0.717) is 18.5 Å². The van der Waals surface area contributed by atoms with Gasteiger partial charge in [0.1, 0.15) is 12.1 Å². The Morgan fingerprint density at radius 3 is 2.17 bits per heavy atom. The van der Waals surface area contributed by atoms with Crippen molar-refractivity contribution in [1.29, 1.82) is 0 Å². The van der Waals surface area contributed by atoms with E-state index in [1.807, 2.05) is 32.9 Å². The van der Waals surface area contributed by atoms with Crippen LogP contribution in [-0.2, 0) is 19.1 Å². The number of amides is 4. The summed E-state index contributed by atoms with van der Waals surface area (Å²) in [4.78, 5) is 50.2. The molecule has 1 heterocycles. The van der Waals surface area contributed by atoms with Crippen LogP contribution in [0.15, 0.2) is 12.1 Å².